The molecule has 0 amide bonds. The molecule has 0 radical (unpaired) electrons. The van der Waals surface area contributed by atoms with Crippen molar-refractivity contribution in [1.29, 1.82) is 0 Å². The summed E-state index contributed by atoms with van der Waals surface area (Å²) >= 11 is 0. The molecule has 0 aliphatic heterocycles. The molecule has 1 aromatic heterocycles. The highest BCUT2D eigenvalue weighted by atomic mass is 16.1. The first-order valence-corrected chi connectivity index (χ1v) is 5.74. The number of carbonyl (C=O) groups is 1. The number of benzene rings is 1. The fraction of sp³-hybridized carbons (Fsp3) is 0.214. The predicted octanol–water partition coefficient (Wildman–Crippen LogP) is 3.04. The highest BCUT2D eigenvalue weighted by Gasteiger charge is 2.04. The van der Waals surface area contributed by atoms with Gasteiger partial charge in [0, 0.05) is 11.3 Å². The Morgan fingerprint density at radius 2 is 2.06 bits per heavy atom. The van der Waals surface area contributed by atoms with Crippen molar-refractivity contribution in [2.75, 3.05) is 5.32 Å². The lowest BCUT2D eigenvalue weighted by molar-refractivity contribution is 0.101. The minimum atomic E-state index is 0.0514. The number of carbonyl (C=O) groups excluding carboxylic acids is 1. The number of aromatic nitrogens is 2. The molecule has 0 unspecified atom stereocenters. The van der Waals surface area contributed by atoms with Crippen molar-refractivity contribution in [2.45, 2.75) is 20.8 Å². The fourth-order valence-corrected chi connectivity index (χ4v) is 1.68. The van der Waals surface area contributed by atoms with Gasteiger partial charge in [0.2, 0.25) is 0 Å². The average molecular weight is 241 g/mol. The maximum Gasteiger partial charge on any atom is 0.159 e. The van der Waals surface area contributed by atoms with Crippen molar-refractivity contribution >= 4 is 17.2 Å². The maximum absolute atomic E-state index is 11.3. The zero-order chi connectivity index (χ0) is 13.1. The maximum atomic E-state index is 11.3. The van der Waals surface area contributed by atoms with Crippen LogP contribution in [0.1, 0.15) is 28.8 Å². The molecule has 4 heteroatoms. The second-order valence-electron chi connectivity index (χ2n) is 4.18. The third-order valence-corrected chi connectivity index (χ3v) is 2.65. The Hall–Kier alpha value is -2.23. The van der Waals surface area contributed by atoms with Crippen LogP contribution in [-0.4, -0.2) is 15.8 Å². The number of ketones is 1. The highest BCUT2D eigenvalue weighted by Crippen LogP contribution is 2.19. The van der Waals surface area contributed by atoms with Gasteiger partial charge in [-0.15, -0.1) is 0 Å². The molecule has 0 bridgehead atoms. The first-order valence-electron chi connectivity index (χ1n) is 5.74. The summed E-state index contributed by atoms with van der Waals surface area (Å²) in [4.78, 5) is 19.7. The number of aryl methyl sites for hydroxylation is 2. The number of hydrogen-bond acceptors (Lipinski definition) is 4. The minimum Gasteiger partial charge on any atom is -0.353 e. The van der Waals surface area contributed by atoms with Crippen molar-refractivity contribution in [3.05, 3.63) is 47.5 Å². The third-order valence-electron chi connectivity index (χ3n) is 2.65. The van der Waals surface area contributed by atoms with E-state index in [0.717, 1.165) is 22.9 Å². The quantitative estimate of drug-likeness (QED) is 0.839. The van der Waals surface area contributed by atoms with E-state index in [1.54, 1.807) is 19.2 Å². The summed E-state index contributed by atoms with van der Waals surface area (Å²) in [5.41, 5.74) is 3.28. The van der Waals surface area contributed by atoms with Gasteiger partial charge in [0.05, 0.1) is 17.6 Å². The zero-order valence-corrected chi connectivity index (χ0v) is 10.7. The number of nitrogens with one attached hydrogen (secondary N) is 1. The van der Waals surface area contributed by atoms with Gasteiger partial charge in [-0.05, 0) is 32.9 Å². The summed E-state index contributed by atoms with van der Waals surface area (Å²) < 4.78 is 0. The molecule has 1 heterocycles. The number of anilines is 2. The molecule has 0 saturated carbocycles. The minimum absolute atomic E-state index is 0.0514. The van der Waals surface area contributed by atoms with E-state index in [-0.39, 0.29) is 5.78 Å². The Kier molecular flexibility index (Phi) is 3.37. The van der Waals surface area contributed by atoms with Crippen molar-refractivity contribution in [2.24, 2.45) is 0 Å². The lowest BCUT2D eigenvalue weighted by Crippen LogP contribution is -2.00. The number of rotatable bonds is 3. The fourth-order valence-electron chi connectivity index (χ4n) is 1.68. The average Bonchev–Trinajstić information content (AvgIpc) is 2.33. The van der Waals surface area contributed by atoms with Gasteiger partial charge in [-0.1, -0.05) is 12.1 Å². The molecule has 18 heavy (non-hydrogen) atoms. The monoisotopic (exact) mass is 241 g/mol. The van der Waals surface area contributed by atoms with Crippen molar-refractivity contribution in [1.82, 2.24) is 9.97 Å². The Labute approximate surface area is 106 Å². The van der Waals surface area contributed by atoms with E-state index < -0.39 is 0 Å². The van der Waals surface area contributed by atoms with Crippen molar-refractivity contribution < 1.29 is 4.79 Å². The third kappa shape index (κ3) is 2.71. The highest BCUT2D eigenvalue weighted by molar-refractivity contribution is 5.95. The van der Waals surface area contributed by atoms with E-state index in [4.69, 9.17) is 0 Å². The van der Waals surface area contributed by atoms with Gasteiger partial charge in [-0.25, -0.2) is 9.97 Å². The molecular formula is C14H15N3O. The Bertz CT molecular complexity index is 593. The van der Waals surface area contributed by atoms with Crippen LogP contribution in [0, 0.1) is 13.8 Å². The smallest absolute Gasteiger partial charge is 0.159 e. The summed E-state index contributed by atoms with van der Waals surface area (Å²) in [5.74, 6) is 0.797. The Balaban J connectivity index is 2.28. The van der Waals surface area contributed by atoms with Crippen LogP contribution in [0.4, 0.5) is 11.4 Å². The molecule has 0 atom stereocenters. The van der Waals surface area contributed by atoms with Crippen molar-refractivity contribution in [3.8, 4) is 0 Å². The lowest BCUT2D eigenvalue weighted by Gasteiger charge is -2.09. The van der Waals surface area contributed by atoms with Crippen LogP contribution in [0.25, 0.3) is 0 Å². The molecule has 4 nitrogen and oxygen atoms in total. The summed E-state index contributed by atoms with van der Waals surface area (Å²) in [7, 11) is 0. The van der Waals surface area contributed by atoms with E-state index in [1.165, 1.54) is 0 Å². The van der Waals surface area contributed by atoms with Crippen LogP contribution in [0.3, 0.4) is 0 Å². The normalized spacial score (nSPS) is 10.2. The number of nitrogens with zero attached hydrogens (tertiary/aromatic N) is 2. The molecule has 0 saturated heterocycles. The van der Waals surface area contributed by atoms with Gasteiger partial charge in [0.15, 0.2) is 5.78 Å². The van der Waals surface area contributed by atoms with E-state index in [9.17, 15) is 4.79 Å². The number of hydrogen-bond donors (Lipinski definition) is 1. The topological polar surface area (TPSA) is 54.9 Å². The second-order valence-corrected chi connectivity index (χ2v) is 4.18. The van der Waals surface area contributed by atoms with Gasteiger partial charge in [-0.2, -0.15) is 0 Å². The summed E-state index contributed by atoms with van der Waals surface area (Å²) in [6.07, 6.45) is 1.75. The molecule has 0 spiro atoms. The van der Waals surface area contributed by atoms with Crippen LogP contribution in [0.2, 0.25) is 0 Å². The van der Waals surface area contributed by atoms with E-state index in [0.29, 0.717) is 5.56 Å². The molecule has 0 fully saturated rings. The molecule has 2 rings (SSSR count). The summed E-state index contributed by atoms with van der Waals surface area (Å²) in [6, 6.07) is 7.38. The van der Waals surface area contributed by atoms with Crippen LogP contribution in [-0.2, 0) is 0 Å². The van der Waals surface area contributed by atoms with E-state index >= 15 is 0 Å². The SMILES string of the molecule is CC(=O)c1cccc(Nc2cnc(C)nc2C)c1. The van der Waals surface area contributed by atoms with Gasteiger partial charge < -0.3 is 5.32 Å². The summed E-state index contributed by atoms with van der Waals surface area (Å²) in [6.45, 7) is 5.33. The zero-order valence-electron chi connectivity index (χ0n) is 10.7. The van der Waals surface area contributed by atoms with E-state index in [2.05, 4.69) is 15.3 Å². The molecule has 2 aromatic rings. The summed E-state index contributed by atoms with van der Waals surface area (Å²) in [5, 5.41) is 3.22. The molecule has 0 aliphatic carbocycles. The predicted molar refractivity (Wildman–Crippen MR) is 71.2 cm³/mol. The van der Waals surface area contributed by atoms with Gasteiger partial charge >= 0.3 is 0 Å². The molecule has 1 N–H and O–H groups in total. The first-order chi connectivity index (χ1) is 8.56. The first kappa shape index (κ1) is 12.2. The largest absolute Gasteiger partial charge is 0.353 e. The van der Waals surface area contributed by atoms with Crippen LogP contribution in [0.15, 0.2) is 30.5 Å². The molecular weight excluding hydrogens is 226 g/mol. The number of Topliss-reactive ketones (excluding diaryl/α,β-unsaturated/α-hetero) is 1. The molecule has 1 aromatic carbocycles. The van der Waals surface area contributed by atoms with E-state index in [1.807, 2.05) is 32.0 Å². The van der Waals surface area contributed by atoms with Gasteiger partial charge in [-0.3, -0.25) is 4.79 Å². The second kappa shape index (κ2) is 4.96. The Morgan fingerprint density at radius 1 is 1.28 bits per heavy atom. The van der Waals surface area contributed by atoms with Gasteiger partial charge in [0.1, 0.15) is 5.82 Å². The van der Waals surface area contributed by atoms with Crippen LogP contribution in [0.5, 0.6) is 0 Å². The van der Waals surface area contributed by atoms with Crippen LogP contribution < -0.4 is 5.32 Å². The Morgan fingerprint density at radius 3 is 2.72 bits per heavy atom. The van der Waals surface area contributed by atoms with Gasteiger partial charge in [0.25, 0.3) is 0 Å². The van der Waals surface area contributed by atoms with Crippen molar-refractivity contribution in [3.63, 3.8) is 0 Å². The lowest BCUT2D eigenvalue weighted by atomic mass is 10.1. The van der Waals surface area contributed by atoms with Crippen LogP contribution >= 0.6 is 0 Å². The standard InChI is InChI=1S/C14H15N3O/c1-9-14(8-15-11(3)16-9)17-13-6-4-5-12(7-13)10(2)18/h4-8,17H,1-3H3. The molecule has 92 valence electrons. The molecule has 0 aliphatic rings.